The van der Waals surface area contributed by atoms with Crippen molar-refractivity contribution in [2.75, 3.05) is 41.0 Å². The summed E-state index contributed by atoms with van der Waals surface area (Å²) in [6, 6.07) is 14.7. The molecule has 2 aromatic carbocycles. The van der Waals surface area contributed by atoms with E-state index in [9.17, 15) is 10.2 Å². The van der Waals surface area contributed by atoms with Crippen molar-refractivity contribution < 1.29 is 19.0 Å². The van der Waals surface area contributed by atoms with Crippen LogP contribution in [0.5, 0.6) is 11.5 Å². The molecule has 0 aliphatic carbocycles. The molecule has 9 heteroatoms. The van der Waals surface area contributed by atoms with Crippen molar-refractivity contribution in [2.45, 2.75) is 13.0 Å². The van der Waals surface area contributed by atoms with Gasteiger partial charge in [-0.2, -0.15) is 0 Å². The number of allylic oxidation sites excluding steroid dienone is 1. The van der Waals surface area contributed by atoms with Gasteiger partial charge < -0.3 is 24.5 Å². The predicted octanol–water partition coefficient (Wildman–Crippen LogP) is 3.86. The first kappa shape index (κ1) is 30.6. The van der Waals surface area contributed by atoms with Crippen molar-refractivity contribution in [3.63, 3.8) is 0 Å². The third kappa shape index (κ3) is 8.35. The number of fused-ring (bicyclic) bond motifs is 1. The van der Waals surface area contributed by atoms with Gasteiger partial charge in [-0.1, -0.05) is 29.8 Å². The van der Waals surface area contributed by atoms with Gasteiger partial charge in [0.1, 0.15) is 24.7 Å². The van der Waals surface area contributed by atoms with E-state index in [4.69, 9.17) is 25.8 Å². The summed E-state index contributed by atoms with van der Waals surface area (Å²) in [5, 5.41) is 12.1. The number of nitrogens with zero attached hydrogens (tertiary/aromatic N) is 4. The minimum absolute atomic E-state index is 0.0595. The van der Waals surface area contributed by atoms with E-state index in [1.165, 1.54) is 6.20 Å². The van der Waals surface area contributed by atoms with Gasteiger partial charge in [0, 0.05) is 54.7 Å². The third-order valence-corrected chi connectivity index (χ3v) is 6.56. The van der Waals surface area contributed by atoms with Crippen LogP contribution in [-0.2, 0) is 22.6 Å². The molecule has 0 amide bonds. The fourth-order valence-corrected chi connectivity index (χ4v) is 4.45. The second-order valence-corrected chi connectivity index (χ2v) is 10.2. The van der Waals surface area contributed by atoms with E-state index in [1.54, 1.807) is 37.6 Å². The highest BCUT2D eigenvalue weighted by Gasteiger charge is 2.12. The molecule has 8 nitrogen and oxygen atoms in total. The number of methoxy groups -OCH3 is 1. The first-order valence-electron chi connectivity index (χ1n) is 13.4. The lowest BCUT2D eigenvalue weighted by Gasteiger charge is -2.13. The van der Waals surface area contributed by atoms with Crippen LogP contribution in [0.2, 0.25) is 5.02 Å². The van der Waals surface area contributed by atoms with Crippen LogP contribution in [0.25, 0.3) is 22.4 Å². The topological polar surface area (TPSA) is 96.1 Å². The van der Waals surface area contributed by atoms with E-state index in [1.807, 2.05) is 61.5 Å². The highest BCUT2D eigenvalue weighted by molar-refractivity contribution is 6.32. The second kappa shape index (κ2) is 15.1. The van der Waals surface area contributed by atoms with Crippen molar-refractivity contribution in [1.82, 2.24) is 14.9 Å². The molecule has 0 bridgehead atoms. The van der Waals surface area contributed by atoms with Gasteiger partial charge in [0.25, 0.3) is 0 Å². The first-order chi connectivity index (χ1) is 20.4. The van der Waals surface area contributed by atoms with E-state index in [0.717, 1.165) is 16.6 Å². The van der Waals surface area contributed by atoms with E-state index in [-0.39, 0.29) is 18.8 Å². The summed E-state index contributed by atoms with van der Waals surface area (Å²) < 4.78 is 17.0. The summed E-state index contributed by atoms with van der Waals surface area (Å²) >= 11 is 6.56. The number of ketones is 1. The number of ether oxygens (including phenoxy) is 3. The Kier molecular flexibility index (Phi) is 11.0. The normalized spacial score (nSPS) is 11.8. The van der Waals surface area contributed by atoms with Crippen LogP contribution in [0.4, 0.5) is 0 Å². The fourth-order valence-electron chi connectivity index (χ4n) is 4.20. The molecule has 0 saturated carbocycles. The first-order valence-corrected chi connectivity index (χ1v) is 13.7. The summed E-state index contributed by atoms with van der Waals surface area (Å²) in [4.78, 5) is 23.6. The molecule has 0 aliphatic heterocycles. The Morgan fingerprint density at radius 1 is 1.07 bits per heavy atom. The van der Waals surface area contributed by atoms with Crippen LogP contribution in [0.3, 0.4) is 0 Å². The quantitative estimate of drug-likeness (QED) is 0.134. The summed E-state index contributed by atoms with van der Waals surface area (Å²) in [6.45, 7) is 1.67. The molecule has 0 aliphatic rings. The SMILES string of the molecule is COCCOc1cc2ncc(=C=[N-])c(=Cc3ccc(OCc4ccccn4)c(Cl)c3)c2cc1CC(=O)/C=C/CN(C)C. The Morgan fingerprint density at radius 3 is 2.64 bits per heavy atom. The maximum absolute atomic E-state index is 12.8. The molecule has 0 saturated heterocycles. The predicted molar refractivity (Wildman–Crippen MR) is 166 cm³/mol. The molecule has 2 aromatic heterocycles. The van der Waals surface area contributed by atoms with Crippen LogP contribution < -0.4 is 19.9 Å². The van der Waals surface area contributed by atoms with Gasteiger partial charge >= 0.3 is 0 Å². The molecular formula is C33H32ClN4O4-. The molecule has 4 rings (SSSR count). The number of rotatable bonds is 13. The van der Waals surface area contributed by atoms with Gasteiger partial charge in [-0.25, -0.2) is 0 Å². The summed E-state index contributed by atoms with van der Waals surface area (Å²) in [5.41, 5.74) is 2.90. The van der Waals surface area contributed by atoms with Crippen LogP contribution in [0.15, 0.2) is 73.1 Å². The van der Waals surface area contributed by atoms with Gasteiger partial charge in [0.2, 0.25) is 0 Å². The number of hydrogen-bond donors (Lipinski definition) is 0. The van der Waals surface area contributed by atoms with Crippen molar-refractivity contribution in [1.29, 1.82) is 0 Å². The van der Waals surface area contributed by atoms with Crippen LogP contribution in [-0.4, -0.2) is 67.5 Å². The van der Waals surface area contributed by atoms with Crippen LogP contribution >= 0.6 is 11.6 Å². The molecular weight excluding hydrogens is 552 g/mol. The van der Waals surface area contributed by atoms with E-state index < -0.39 is 0 Å². The monoisotopic (exact) mass is 583 g/mol. The van der Waals surface area contributed by atoms with Crippen molar-refractivity contribution in [3.8, 4) is 11.5 Å². The zero-order valence-electron chi connectivity index (χ0n) is 23.8. The lowest BCUT2D eigenvalue weighted by molar-refractivity contribution is -0.114. The van der Waals surface area contributed by atoms with E-state index in [0.29, 0.717) is 57.8 Å². The standard InChI is InChI=1S/C33H32ClN4O4/c1-38(2)12-6-8-27(39)17-24-18-29-28(25(20-35)21-37-31(29)19-33(24)41-14-13-40-3)15-23-9-10-32(30(34)16-23)42-22-26-7-4-5-11-36-26/h4-11,15-16,18-19,21H,12-14,17,22H2,1-3H3/q-1/b8-6+,28-15?. The Morgan fingerprint density at radius 2 is 1.93 bits per heavy atom. The van der Waals surface area contributed by atoms with Gasteiger partial charge in [0.15, 0.2) is 5.78 Å². The number of aromatic nitrogens is 2. The van der Waals surface area contributed by atoms with E-state index >= 15 is 0 Å². The maximum atomic E-state index is 12.8. The molecule has 4 aromatic rings. The Hall–Kier alpha value is -4.33. The lowest BCUT2D eigenvalue weighted by atomic mass is 10.0. The smallest absolute Gasteiger partial charge is 0.159 e. The van der Waals surface area contributed by atoms with Gasteiger partial charge in [-0.05, 0) is 67.4 Å². The number of hydrogen-bond acceptors (Lipinski definition) is 7. The average Bonchev–Trinajstić information content (AvgIpc) is 2.97. The molecule has 0 spiro atoms. The molecule has 216 valence electrons. The van der Waals surface area contributed by atoms with Gasteiger partial charge in [-0.15, -0.1) is 0 Å². The molecule has 0 N–H and O–H groups in total. The Bertz CT molecular complexity index is 1720. The number of benzene rings is 2. The lowest BCUT2D eigenvalue weighted by Crippen LogP contribution is -2.27. The largest absolute Gasteiger partial charge is 0.763 e. The van der Waals surface area contributed by atoms with Gasteiger partial charge in [0.05, 0.1) is 22.8 Å². The van der Waals surface area contributed by atoms with Crippen LogP contribution in [0, 0.1) is 0 Å². The number of carbonyl (C=O) groups excluding carboxylic acids is 1. The maximum Gasteiger partial charge on any atom is 0.159 e. The molecule has 2 heterocycles. The molecule has 0 fully saturated rings. The fraction of sp³-hybridized carbons (Fsp3) is 0.242. The number of likely N-dealkylation sites (N-methyl/N-ethyl adjacent to an activating group) is 1. The Balaban J connectivity index is 1.73. The zero-order chi connectivity index (χ0) is 29.9. The molecule has 42 heavy (non-hydrogen) atoms. The second-order valence-electron chi connectivity index (χ2n) is 9.77. The highest BCUT2D eigenvalue weighted by atomic mass is 35.5. The van der Waals surface area contributed by atoms with Crippen molar-refractivity contribution >= 4 is 40.2 Å². The number of carbonyl (C=O) groups is 1. The molecule has 0 radical (unpaired) electrons. The van der Waals surface area contributed by atoms with Crippen LogP contribution in [0.1, 0.15) is 16.8 Å². The minimum Gasteiger partial charge on any atom is -0.763 e. The number of halogens is 1. The molecule has 0 unspecified atom stereocenters. The molecule has 0 atom stereocenters. The summed E-state index contributed by atoms with van der Waals surface area (Å²) in [5.74, 6) is 3.26. The summed E-state index contributed by atoms with van der Waals surface area (Å²) in [7, 11) is 5.48. The zero-order valence-corrected chi connectivity index (χ0v) is 24.6. The third-order valence-electron chi connectivity index (χ3n) is 6.26. The highest BCUT2D eigenvalue weighted by Crippen LogP contribution is 2.27. The minimum atomic E-state index is -0.0595. The summed E-state index contributed by atoms with van der Waals surface area (Å²) in [6.07, 6.45) is 8.67. The Labute approximate surface area is 250 Å². The number of pyridine rings is 2. The van der Waals surface area contributed by atoms with Crippen molar-refractivity contribution in [2.24, 2.45) is 0 Å². The van der Waals surface area contributed by atoms with Crippen molar-refractivity contribution in [3.05, 3.63) is 111 Å². The van der Waals surface area contributed by atoms with E-state index in [2.05, 4.69) is 15.8 Å². The van der Waals surface area contributed by atoms with Gasteiger partial charge in [-0.3, -0.25) is 20.6 Å². The average molecular weight is 584 g/mol.